The molecule has 0 aliphatic heterocycles. The molecule has 106 valence electrons. The first-order chi connectivity index (χ1) is 10.2. The number of carbonyl (C=O) groups excluding carboxylic acids is 1. The van der Waals surface area contributed by atoms with Gasteiger partial charge < -0.3 is 9.32 Å². The largest absolute Gasteiger partial charge is 0.469 e. The summed E-state index contributed by atoms with van der Waals surface area (Å²) in [5.74, 6) is 0.928. The molecule has 0 fully saturated rings. The normalized spacial score (nSPS) is 10.7. The lowest BCUT2D eigenvalue weighted by atomic mass is 10.1. The molecule has 0 spiro atoms. The average molecular weight is 279 g/mol. The number of nitrogens with zero attached hydrogens (tertiary/aromatic N) is 1. The van der Waals surface area contributed by atoms with Gasteiger partial charge in [0.1, 0.15) is 5.76 Å². The van der Waals surface area contributed by atoms with E-state index in [4.69, 9.17) is 4.42 Å². The summed E-state index contributed by atoms with van der Waals surface area (Å²) in [5, 5.41) is 2.32. The molecule has 0 aliphatic carbocycles. The molecule has 1 heterocycles. The fourth-order valence-electron chi connectivity index (χ4n) is 2.38. The van der Waals surface area contributed by atoms with Gasteiger partial charge in [0.15, 0.2) is 0 Å². The number of fused-ring (bicyclic) bond motifs is 1. The van der Waals surface area contributed by atoms with Crippen molar-refractivity contribution in [3.8, 4) is 0 Å². The van der Waals surface area contributed by atoms with Gasteiger partial charge in [-0.15, -0.1) is 0 Å². The van der Waals surface area contributed by atoms with E-state index < -0.39 is 0 Å². The molecular formula is C18H17NO2. The quantitative estimate of drug-likeness (QED) is 0.722. The molecule has 0 bridgehead atoms. The van der Waals surface area contributed by atoms with Crippen molar-refractivity contribution >= 4 is 22.4 Å². The highest BCUT2D eigenvalue weighted by atomic mass is 16.3. The minimum Gasteiger partial charge on any atom is -0.469 e. The monoisotopic (exact) mass is 279 g/mol. The Morgan fingerprint density at radius 2 is 1.86 bits per heavy atom. The van der Waals surface area contributed by atoms with Gasteiger partial charge in [0.25, 0.3) is 0 Å². The van der Waals surface area contributed by atoms with E-state index in [1.165, 1.54) is 5.39 Å². The van der Waals surface area contributed by atoms with Gasteiger partial charge in [0.2, 0.25) is 5.91 Å². The van der Waals surface area contributed by atoms with Gasteiger partial charge in [-0.1, -0.05) is 30.3 Å². The maximum atomic E-state index is 12.3. The lowest BCUT2D eigenvalue weighted by molar-refractivity contribution is -0.118. The van der Waals surface area contributed by atoms with Crippen LogP contribution in [-0.4, -0.2) is 13.0 Å². The first-order valence-electron chi connectivity index (χ1n) is 7.02. The van der Waals surface area contributed by atoms with Gasteiger partial charge in [-0.05, 0) is 35.0 Å². The van der Waals surface area contributed by atoms with Crippen LogP contribution >= 0.6 is 0 Å². The maximum Gasteiger partial charge on any atom is 0.227 e. The van der Waals surface area contributed by atoms with E-state index in [2.05, 4.69) is 12.1 Å². The molecule has 21 heavy (non-hydrogen) atoms. The van der Waals surface area contributed by atoms with Crippen molar-refractivity contribution in [1.82, 2.24) is 0 Å². The van der Waals surface area contributed by atoms with Crippen molar-refractivity contribution in [2.24, 2.45) is 0 Å². The van der Waals surface area contributed by atoms with Gasteiger partial charge in [-0.3, -0.25) is 4.79 Å². The van der Waals surface area contributed by atoms with E-state index in [-0.39, 0.29) is 5.91 Å². The second kappa shape index (κ2) is 5.83. The molecule has 0 aliphatic rings. The summed E-state index contributed by atoms with van der Waals surface area (Å²) in [6.07, 6.45) is 2.70. The van der Waals surface area contributed by atoms with Crippen LogP contribution in [0.15, 0.2) is 65.3 Å². The van der Waals surface area contributed by atoms with Crippen molar-refractivity contribution in [2.45, 2.75) is 12.8 Å². The van der Waals surface area contributed by atoms with E-state index in [9.17, 15) is 4.79 Å². The van der Waals surface area contributed by atoms with E-state index >= 15 is 0 Å². The number of furan rings is 1. The summed E-state index contributed by atoms with van der Waals surface area (Å²) >= 11 is 0. The number of rotatable bonds is 4. The Labute approximate surface area is 123 Å². The van der Waals surface area contributed by atoms with Gasteiger partial charge in [-0.25, -0.2) is 0 Å². The fraction of sp³-hybridized carbons (Fsp3) is 0.167. The van der Waals surface area contributed by atoms with Crippen LogP contribution in [0.25, 0.3) is 10.8 Å². The number of anilines is 1. The van der Waals surface area contributed by atoms with E-state index in [0.29, 0.717) is 12.8 Å². The Morgan fingerprint density at radius 3 is 2.62 bits per heavy atom. The zero-order valence-electron chi connectivity index (χ0n) is 12.0. The summed E-state index contributed by atoms with van der Waals surface area (Å²) in [7, 11) is 1.81. The van der Waals surface area contributed by atoms with Crippen LogP contribution in [0.1, 0.15) is 12.2 Å². The Morgan fingerprint density at radius 1 is 1.05 bits per heavy atom. The van der Waals surface area contributed by atoms with Crippen LogP contribution in [0.4, 0.5) is 5.69 Å². The van der Waals surface area contributed by atoms with Gasteiger partial charge >= 0.3 is 0 Å². The molecule has 0 unspecified atom stereocenters. The zero-order chi connectivity index (χ0) is 14.7. The van der Waals surface area contributed by atoms with Crippen molar-refractivity contribution in [1.29, 1.82) is 0 Å². The third kappa shape index (κ3) is 2.97. The highest BCUT2D eigenvalue weighted by Crippen LogP contribution is 2.22. The van der Waals surface area contributed by atoms with Crippen molar-refractivity contribution in [3.63, 3.8) is 0 Å². The summed E-state index contributed by atoms with van der Waals surface area (Å²) in [6, 6.07) is 17.9. The van der Waals surface area contributed by atoms with Gasteiger partial charge in [-0.2, -0.15) is 0 Å². The number of hydrogen-bond donors (Lipinski definition) is 0. The maximum absolute atomic E-state index is 12.3. The number of benzene rings is 2. The third-order valence-electron chi connectivity index (χ3n) is 3.66. The summed E-state index contributed by atoms with van der Waals surface area (Å²) in [6.45, 7) is 0. The highest BCUT2D eigenvalue weighted by Gasteiger charge is 2.12. The lowest BCUT2D eigenvalue weighted by Crippen LogP contribution is -2.26. The summed E-state index contributed by atoms with van der Waals surface area (Å²) < 4.78 is 5.26. The van der Waals surface area contributed by atoms with E-state index in [1.807, 2.05) is 49.5 Å². The predicted molar refractivity (Wildman–Crippen MR) is 84.4 cm³/mol. The molecule has 0 atom stereocenters. The molecule has 0 saturated carbocycles. The SMILES string of the molecule is CN(C(=O)CCc1ccco1)c1ccc2ccccc2c1. The molecular weight excluding hydrogens is 262 g/mol. The molecule has 3 heteroatoms. The first-order valence-corrected chi connectivity index (χ1v) is 7.02. The van der Waals surface area contributed by atoms with Gasteiger partial charge in [0.05, 0.1) is 6.26 Å². The predicted octanol–water partition coefficient (Wildman–Crippen LogP) is 4.03. The van der Waals surface area contributed by atoms with E-state index in [0.717, 1.165) is 16.8 Å². The summed E-state index contributed by atoms with van der Waals surface area (Å²) in [4.78, 5) is 14.0. The Kier molecular flexibility index (Phi) is 3.73. The zero-order valence-corrected chi connectivity index (χ0v) is 12.0. The average Bonchev–Trinajstić information content (AvgIpc) is 3.05. The molecule has 0 radical (unpaired) electrons. The fourth-order valence-corrected chi connectivity index (χ4v) is 2.38. The molecule has 0 saturated heterocycles. The minimum absolute atomic E-state index is 0.0849. The topological polar surface area (TPSA) is 33.5 Å². The van der Waals surface area contributed by atoms with Crippen LogP contribution in [0.2, 0.25) is 0 Å². The molecule has 3 rings (SSSR count). The molecule has 3 aromatic rings. The lowest BCUT2D eigenvalue weighted by Gasteiger charge is -2.17. The van der Waals surface area contributed by atoms with Crippen LogP contribution in [0.3, 0.4) is 0 Å². The number of aryl methyl sites for hydroxylation is 1. The minimum atomic E-state index is 0.0849. The Hall–Kier alpha value is -2.55. The van der Waals surface area contributed by atoms with Crippen molar-refractivity contribution in [2.75, 3.05) is 11.9 Å². The number of hydrogen-bond acceptors (Lipinski definition) is 2. The van der Waals surface area contributed by atoms with Crippen LogP contribution < -0.4 is 4.90 Å². The van der Waals surface area contributed by atoms with Crippen LogP contribution in [0, 0.1) is 0 Å². The first kappa shape index (κ1) is 13.4. The van der Waals surface area contributed by atoms with Crippen LogP contribution in [-0.2, 0) is 11.2 Å². The second-order valence-corrected chi connectivity index (χ2v) is 5.06. The number of carbonyl (C=O) groups is 1. The van der Waals surface area contributed by atoms with Crippen molar-refractivity contribution < 1.29 is 9.21 Å². The van der Waals surface area contributed by atoms with Gasteiger partial charge in [0, 0.05) is 25.6 Å². The molecule has 3 nitrogen and oxygen atoms in total. The smallest absolute Gasteiger partial charge is 0.227 e. The Balaban J connectivity index is 1.73. The van der Waals surface area contributed by atoms with Crippen molar-refractivity contribution in [3.05, 3.63) is 66.6 Å². The molecule has 0 N–H and O–H groups in total. The second-order valence-electron chi connectivity index (χ2n) is 5.06. The van der Waals surface area contributed by atoms with E-state index in [1.54, 1.807) is 11.2 Å². The Bertz CT molecular complexity index is 747. The standard InChI is InChI=1S/C18H17NO2/c1-19(18(20)11-10-17-7-4-12-21-17)16-9-8-14-5-2-3-6-15(14)13-16/h2-9,12-13H,10-11H2,1H3. The molecule has 1 amide bonds. The highest BCUT2D eigenvalue weighted by molar-refractivity contribution is 5.96. The number of amides is 1. The molecule has 1 aromatic heterocycles. The third-order valence-corrected chi connectivity index (χ3v) is 3.66. The summed E-state index contributed by atoms with van der Waals surface area (Å²) in [5.41, 5.74) is 0.915. The van der Waals surface area contributed by atoms with Crippen LogP contribution in [0.5, 0.6) is 0 Å². The molecule has 2 aromatic carbocycles.